The van der Waals surface area contributed by atoms with Crippen LogP contribution in [0.25, 0.3) is 20.8 Å². The maximum absolute atomic E-state index is 12.5. The molecule has 2 aromatic carbocycles. The Bertz CT molecular complexity index is 1030. The van der Waals surface area contributed by atoms with Crippen molar-refractivity contribution in [2.45, 2.75) is 0 Å². The van der Waals surface area contributed by atoms with Crippen molar-refractivity contribution in [3.63, 3.8) is 0 Å². The first-order valence-corrected chi connectivity index (χ1v) is 9.18. The van der Waals surface area contributed by atoms with Gasteiger partial charge in [0.25, 0.3) is 5.91 Å². The Morgan fingerprint density at radius 3 is 2.76 bits per heavy atom. The Balaban J connectivity index is 1.75. The molecular weight excluding hydrogens is 398 g/mol. The smallest absolute Gasteiger partial charge is 0.257 e. The number of hydrogen-bond acceptors (Lipinski definition) is 4. The number of nitrogens with one attached hydrogen (secondary N) is 1. The Kier molecular flexibility index (Phi) is 4.29. The van der Waals surface area contributed by atoms with Crippen LogP contribution in [0.5, 0.6) is 0 Å². The summed E-state index contributed by atoms with van der Waals surface area (Å²) < 4.78 is 2.04. The van der Waals surface area contributed by atoms with E-state index < -0.39 is 0 Å². The van der Waals surface area contributed by atoms with Crippen molar-refractivity contribution in [1.29, 1.82) is 0 Å². The monoisotopic (exact) mass is 409 g/mol. The zero-order valence-corrected chi connectivity index (χ0v) is 15.3. The minimum Gasteiger partial charge on any atom is -0.321 e. The van der Waals surface area contributed by atoms with Crippen molar-refractivity contribution >= 4 is 49.1 Å². The standard InChI is InChI=1S/C19H12BrN3OS/c20-13-7-8-15(22-18(24)12-4-3-9-21-11-12)14(10-13)19-23-16-5-1-2-6-17(16)25-19/h1-11H,(H,22,24). The first kappa shape index (κ1) is 15.9. The van der Waals surface area contributed by atoms with Gasteiger partial charge in [0.2, 0.25) is 0 Å². The second-order valence-corrected chi connectivity index (χ2v) is 7.32. The molecule has 4 nitrogen and oxygen atoms in total. The molecule has 6 heteroatoms. The highest BCUT2D eigenvalue weighted by molar-refractivity contribution is 9.10. The van der Waals surface area contributed by atoms with E-state index in [0.29, 0.717) is 5.56 Å². The Morgan fingerprint density at radius 2 is 1.96 bits per heavy atom. The zero-order chi connectivity index (χ0) is 17.2. The topological polar surface area (TPSA) is 54.9 Å². The summed E-state index contributed by atoms with van der Waals surface area (Å²) >= 11 is 5.10. The number of nitrogens with zero attached hydrogens (tertiary/aromatic N) is 2. The van der Waals surface area contributed by atoms with Gasteiger partial charge in [-0.25, -0.2) is 4.98 Å². The third-order valence-corrected chi connectivity index (χ3v) is 5.24. The molecule has 0 aliphatic heterocycles. The minimum absolute atomic E-state index is 0.196. The number of pyridine rings is 1. The third kappa shape index (κ3) is 3.31. The Labute approximate surface area is 156 Å². The molecule has 0 unspecified atom stereocenters. The molecule has 0 aliphatic carbocycles. The molecule has 2 aromatic heterocycles. The van der Waals surface area contributed by atoms with E-state index in [4.69, 9.17) is 4.98 Å². The van der Waals surface area contributed by atoms with Crippen LogP contribution in [0, 0.1) is 0 Å². The molecule has 2 heterocycles. The van der Waals surface area contributed by atoms with Crippen LogP contribution < -0.4 is 5.32 Å². The number of rotatable bonds is 3. The summed E-state index contributed by atoms with van der Waals surface area (Å²) in [5, 5.41) is 3.83. The molecule has 25 heavy (non-hydrogen) atoms. The van der Waals surface area contributed by atoms with E-state index in [1.807, 2.05) is 42.5 Å². The molecule has 1 N–H and O–H groups in total. The van der Waals surface area contributed by atoms with Crippen molar-refractivity contribution in [3.8, 4) is 10.6 Å². The normalized spacial score (nSPS) is 10.8. The summed E-state index contributed by atoms with van der Waals surface area (Å²) in [5.41, 5.74) is 3.07. The number of para-hydroxylation sites is 1. The Hall–Kier alpha value is -2.57. The quantitative estimate of drug-likeness (QED) is 0.494. The van der Waals surface area contributed by atoms with E-state index >= 15 is 0 Å². The highest BCUT2D eigenvalue weighted by Gasteiger charge is 2.14. The van der Waals surface area contributed by atoms with Crippen LogP contribution in [-0.2, 0) is 0 Å². The van der Waals surface area contributed by atoms with Crippen molar-refractivity contribution in [1.82, 2.24) is 9.97 Å². The first-order chi connectivity index (χ1) is 12.2. The maximum Gasteiger partial charge on any atom is 0.257 e. The fourth-order valence-electron chi connectivity index (χ4n) is 2.48. The molecule has 0 atom stereocenters. The predicted octanol–water partition coefficient (Wildman–Crippen LogP) is 5.37. The van der Waals surface area contributed by atoms with E-state index in [-0.39, 0.29) is 5.91 Å². The molecule has 122 valence electrons. The van der Waals surface area contributed by atoms with Crippen molar-refractivity contribution in [3.05, 3.63) is 77.0 Å². The highest BCUT2D eigenvalue weighted by Crippen LogP contribution is 2.36. The molecule has 1 amide bonds. The van der Waals surface area contributed by atoms with E-state index in [2.05, 4.69) is 26.2 Å². The van der Waals surface area contributed by atoms with Gasteiger partial charge in [0, 0.05) is 22.4 Å². The number of carbonyl (C=O) groups excluding carboxylic acids is 1. The van der Waals surface area contributed by atoms with Crippen LogP contribution in [0.1, 0.15) is 10.4 Å². The summed E-state index contributed by atoms with van der Waals surface area (Å²) in [7, 11) is 0. The number of carbonyl (C=O) groups is 1. The fourth-order valence-corrected chi connectivity index (χ4v) is 3.84. The van der Waals surface area contributed by atoms with E-state index in [9.17, 15) is 4.79 Å². The molecule has 0 saturated carbocycles. The van der Waals surface area contributed by atoms with Gasteiger partial charge in [-0.15, -0.1) is 11.3 Å². The van der Waals surface area contributed by atoms with Crippen LogP contribution in [0.3, 0.4) is 0 Å². The van der Waals surface area contributed by atoms with E-state index in [0.717, 1.165) is 30.9 Å². The van der Waals surface area contributed by atoms with Crippen LogP contribution in [-0.4, -0.2) is 15.9 Å². The summed E-state index contributed by atoms with van der Waals surface area (Å²) in [6.45, 7) is 0. The molecule has 0 aliphatic rings. The zero-order valence-electron chi connectivity index (χ0n) is 12.9. The van der Waals surface area contributed by atoms with Crippen LogP contribution in [0.2, 0.25) is 0 Å². The second kappa shape index (κ2) is 6.74. The molecule has 0 saturated heterocycles. The molecule has 0 radical (unpaired) electrons. The largest absolute Gasteiger partial charge is 0.321 e. The van der Waals surface area contributed by atoms with Gasteiger partial charge in [0.05, 0.1) is 21.5 Å². The second-order valence-electron chi connectivity index (χ2n) is 5.37. The van der Waals surface area contributed by atoms with Gasteiger partial charge in [-0.1, -0.05) is 28.1 Å². The van der Waals surface area contributed by atoms with E-state index in [1.54, 1.807) is 35.9 Å². The molecular formula is C19H12BrN3OS. The van der Waals surface area contributed by atoms with Gasteiger partial charge >= 0.3 is 0 Å². The predicted molar refractivity (Wildman–Crippen MR) is 105 cm³/mol. The van der Waals surface area contributed by atoms with Crippen molar-refractivity contribution in [2.24, 2.45) is 0 Å². The Morgan fingerprint density at radius 1 is 1.08 bits per heavy atom. The van der Waals surface area contributed by atoms with Gasteiger partial charge in [-0.05, 0) is 42.5 Å². The highest BCUT2D eigenvalue weighted by atomic mass is 79.9. The molecule has 0 bridgehead atoms. The van der Waals surface area contributed by atoms with Crippen LogP contribution in [0.15, 0.2) is 71.5 Å². The van der Waals surface area contributed by atoms with Crippen molar-refractivity contribution in [2.75, 3.05) is 5.32 Å². The molecule has 0 fully saturated rings. The summed E-state index contributed by atoms with van der Waals surface area (Å²) in [6, 6.07) is 17.2. The summed E-state index contributed by atoms with van der Waals surface area (Å²) in [4.78, 5) is 21.2. The van der Waals surface area contributed by atoms with Gasteiger partial charge in [-0.3, -0.25) is 9.78 Å². The number of fused-ring (bicyclic) bond motifs is 1. The number of aromatic nitrogens is 2. The van der Waals surface area contributed by atoms with Gasteiger partial charge in [0.15, 0.2) is 0 Å². The van der Waals surface area contributed by atoms with Gasteiger partial charge in [0.1, 0.15) is 5.01 Å². The van der Waals surface area contributed by atoms with Gasteiger partial charge in [-0.2, -0.15) is 0 Å². The van der Waals surface area contributed by atoms with Gasteiger partial charge < -0.3 is 5.32 Å². The van der Waals surface area contributed by atoms with Crippen LogP contribution >= 0.6 is 27.3 Å². The SMILES string of the molecule is O=C(Nc1ccc(Br)cc1-c1nc2ccccc2s1)c1cccnc1. The first-order valence-electron chi connectivity index (χ1n) is 7.57. The lowest BCUT2D eigenvalue weighted by Crippen LogP contribution is -2.12. The molecule has 0 spiro atoms. The lowest BCUT2D eigenvalue weighted by atomic mass is 10.1. The number of hydrogen-bond donors (Lipinski definition) is 1. The summed E-state index contributed by atoms with van der Waals surface area (Å²) in [6.07, 6.45) is 3.19. The average molecular weight is 410 g/mol. The van der Waals surface area contributed by atoms with Crippen LogP contribution in [0.4, 0.5) is 5.69 Å². The minimum atomic E-state index is -0.196. The number of anilines is 1. The number of thiazole rings is 1. The fraction of sp³-hybridized carbons (Fsp3) is 0. The maximum atomic E-state index is 12.5. The lowest BCUT2D eigenvalue weighted by Gasteiger charge is -2.10. The number of benzene rings is 2. The third-order valence-electron chi connectivity index (χ3n) is 3.68. The molecule has 4 aromatic rings. The van der Waals surface area contributed by atoms with Crippen molar-refractivity contribution < 1.29 is 4.79 Å². The summed E-state index contributed by atoms with van der Waals surface area (Å²) in [5.74, 6) is -0.196. The molecule has 4 rings (SSSR count). The number of halogens is 1. The van der Waals surface area contributed by atoms with E-state index in [1.165, 1.54) is 0 Å². The average Bonchev–Trinajstić information content (AvgIpc) is 3.08. The lowest BCUT2D eigenvalue weighted by molar-refractivity contribution is 0.102. The number of amides is 1.